The molecule has 4 nitrogen and oxygen atoms in total. The van der Waals surface area contributed by atoms with Crippen LogP contribution in [0.15, 0.2) is 24.3 Å². The molecule has 0 aromatic heterocycles. The van der Waals surface area contributed by atoms with Gasteiger partial charge >= 0.3 is 5.97 Å². The molecule has 1 atom stereocenters. The highest BCUT2D eigenvalue weighted by atomic mass is 16.6. The first-order chi connectivity index (χ1) is 9.45. The largest absolute Gasteiger partial charge is 0.469 e. The minimum absolute atomic E-state index is 0.0870. The van der Waals surface area contributed by atoms with Gasteiger partial charge in [0.25, 0.3) is 0 Å². The Bertz CT molecular complexity index is 438. The van der Waals surface area contributed by atoms with Gasteiger partial charge in [-0.3, -0.25) is 4.79 Å². The molecule has 0 aliphatic carbocycles. The van der Waals surface area contributed by atoms with Crippen LogP contribution in [0.25, 0.3) is 0 Å². The highest BCUT2D eigenvalue weighted by Gasteiger charge is 2.30. The number of hydrogen-bond donors (Lipinski definition) is 1. The summed E-state index contributed by atoms with van der Waals surface area (Å²) in [4.78, 5) is 11.6. The Balaban J connectivity index is 3.03. The fourth-order valence-corrected chi connectivity index (χ4v) is 2.08. The molecule has 0 saturated carbocycles. The van der Waals surface area contributed by atoms with E-state index in [-0.39, 0.29) is 12.4 Å². The van der Waals surface area contributed by atoms with E-state index in [0.717, 1.165) is 11.1 Å². The van der Waals surface area contributed by atoms with Crippen molar-refractivity contribution in [1.29, 1.82) is 0 Å². The van der Waals surface area contributed by atoms with Gasteiger partial charge in [-0.25, -0.2) is 0 Å². The second kappa shape index (κ2) is 7.41. The van der Waals surface area contributed by atoms with Crippen LogP contribution in [-0.4, -0.2) is 24.0 Å². The number of methoxy groups -OCH3 is 1. The summed E-state index contributed by atoms with van der Waals surface area (Å²) in [6, 6.07) is 7.70. The minimum atomic E-state index is -1.22. The summed E-state index contributed by atoms with van der Waals surface area (Å²) in [7, 11) is 1.35. The van der Waals surface area contributed by atoms with E-state index in [9.17, 15) is 9.90 Å². The first-order valence-corrected chi connectivity index (χ1v) is 6.98. The molecule has 0 bridgehead atoms. The summed E-state index contributed by atoms with van der Waals surface area (Å²) in [6.07, 6.45) is 0.512. The predicted octanol–water partition coefficient (Wildman–Crippen LogP) is 3.12. The Morgan fingerprint density at radius 3 is 2.40 bits per heavy atom. The first-order valence-electron chi connectivity index (χ1n) is 6.98. The predicted molar refractivity (Wildman–Crippen MR) is 77.2 cm³/mol. The maximum absolute atomic E-state index is 11.6. The zero-order chi connectivity index (χ0) is 15.2. The number of carbonyl (C=O) groups is 1. The lowest BCUT2D eigenvalue weighted by atomic mass is 10.00. The van der Waals surface area contributed by atoms with E-state index < -0.39 is 11.9 Å². The van der Waals surface area contributed by atoms with Crippen molar-refractivity contribution in [2.75, 3.05) is 7.11 Å². The molecular formula is C16H24O4. The zero-order valence-corrected chi connectivity index (χ0v) is 12.7. The monoisotopic (exact) mass is 280 g/mol. The number of esters is 1. The van der Waals surface area contributed by atoms with Crippen molar-refractivity contribution < 1.29 is 19.4 Å². The molecule has 0 aliphatic heterocycles. The highest BCUT2D eigenvalue weighted by molar-refractivity contribution is 5.70. The topological polar surface area (TPSA) is 55.8 Å². The number of carbonyl (C=O) groups excluding carboxylic acids is 1. The molecule has 20 heavy (non-hydrogen) atoms. The van der Waals surface area contributed by atoms with Crippen LogP contribution in [0, 0.1) is 6.92 Å². The van der Waals surface area contributed by atoms with Crippen molar-refractivity contribution >= 4 is 5.97 Å². The number of benzene rings is 1. The molecule has 0 spiro atoms. The van der Waals surface area contributed by atoms with Crippen molar-refractivity contribution in [2.24, 2.45) is 0 Å². The molecule has 4 heteroatoms. The van der Waals surface area contributed by atoms with Crippen molar-refractivity contribution in [3.05, 3.63) is 35.4 Å². The van der Waals surface area contributed by atoms with Crippen LogP contribution in [0.4, 0.5) is 0 Å². The molecule has 1 rings (SSSR count). The van der Waals surface area contributed by atoms with Gasteiger partial charge in [0.1, 0.15) is 0 Å². The van der Waals surface area contributed by atoms with Crippen LogP contribution in [0.2, 0.25) is 0 Å². The third-order valence-corrected chi connectivity index (χ3v) is 3.58. The molecule has 0 amide bonds. The molecule has 1 unspecified atom stereocenters. The highest BCUT2D eigenvalue weighted by Crippen LogP contribution is 2.31. The molecule has 0 aliphatic rings. The molecule has 1 N–H and O–H groups in total. The van der Waals surface area contributed by atoms with Gasteiger partial charge in [0.2, 0.25) is 0 Å². The van der Waals surface area contributed by atoms with Crippen LogP contribution in [0.5, 0.6) is 0 Å². The van der Waals surface area contributed by atoms with E-state index in [1.165, 1.54) is 7.11 Å². The van der Waals surface area contributed by atoms with Crippen LogP contribution in [0.3, 0.4) is 0 Å². The fraction of sp³-hybridized carbons (Fsp3) is 0.562. The van der Waals surface area contributed by atoms with Gasteiger partial charge in [-0.1, -0.05) is 38.1 Å². The molecule has 0 heterocycles. The molecule has 1 aromatic carbocycles. The molecule has 112 valence electrons. The average Bonchev–Trinajstić information content (AvgIpc) is 2.46. The Kier molecular flexibility index (Phi) is 6.17. The van der Waals surface area contributed by atoms with Crippen LogP contribution >= 0.6 is 0 Å². The van der Waals surface area contributed by atoms with E-state index in [1.54, 1.807) is 0 Å². The maximum atomic E-state index is 11.6. The van der Waals surface area contributed by atoms with Gasteiger partial charge in [-0.15, -0.1) is 0 Å². The smallest absolute Gasteiger partial charge is 0.308 e. The zero-order valence-electron chi connectivity index (χ0n) is 12.7. The fourth-order valence-electron chi connectivity index (χ4n) is 2.08. The summed E-state index contributed by atoms with van der Waals surface area (Å²) in [5, 5.41) is 10.4. The van der Waals surface area contributed by atoms with Crippen LogP contribution in [0.1, 0.15) is 50.3 Å². The SMILES string of the molecule is CCC(O)(CC)OC(CC(=O)OC)c1ccccc1C. The van der Waals surface area contributed by atoms with Gasteiger partial charge in [-0.05, 0) is 30.9 Å². The van der Waals surface area contributed by atoms with E-state index in [0.29, 0.717) is 12.8 Å². The molecule has 0 fully saturated rings. The first kappa shape index (κ1) is 16.7. The summed E-state index contributed by atoms with van der Waals surface area (Å²) in [5.74, 6) is -1.58. The number of rotatable bonds is 7. The molecule has 0 saturated heterocycles. The second-order valence-corrected chi connectivity index (χ2v) is 4.90. The lowest BCUT2D eigenvalue weighted by Crippen LogP contribution is -2.33. The van der Waals surface area contributed by atoms with E-state index in [4.69, 9.17) is 9.47 Å². The summed E-state index contributed by atoms with van der Waals surface area (Å²) < 4.78 is 10.6. The Morgan fingerprint density at radius 1 is 1.30 bits per heavy atom. The second-order valence-electron chi connectivity index (χ2n) is 4.90. The molecule has 1 aromatic rings. The number of aryl methyl sites for hydroxylation is 1. The lowest BCUT2D eigenvalue weighted by molar-refractivity contribution is -0.237. The normalized spacial score (nSPS) is 13.1. The van der Waals surface area contributed by atoms with Crippen LogP contribution < -0.4 is 0 Å². The Morgan fingerprint density at radius 2 is 1.90 bits per heavy atom. The van der Waals surface area contributed by atoms with Crippen molar-refractivity contribution in [3.63, 3.8) is 0 Å². The molecular weight excluding hydrogens is 256 g/mol. The average molecular weight is 280 g/mol. The van der Waals surface area contributed by atoms with Gasteiger partial charge in [0.05, 0.1) is 19.6 Å². The van der Waals surface area contributed by atoms with Crippen LogP contribution in [-0.2, 0) is 14.3 Å². The molecule has 0 radical (unpaired) electrons. The van der Waals surface area contributed by atoms with E-state index in [1.807, 2.05) is 45.0 Å². The third-order valence-electron chi connectivity index (χ3n) is 3.58. The van der Waals surface area contributed by atoms with E-state index in [2.05, 4.69) is 0 Å². The van der Waals surface area contributed by atoms with Crippen molar-refractivity contribution in [3.8, 4) is 0 Å². The van der Waals surface area contributed by atoms with Crippen molar-refractivity contribution in [1.82, 2.24) is 0 Å². The van der Waals surface area contributed by atoms with Gasteiger partial charge in [-0.2, -0.15) is 0 Å². The number of ether oxygens (including phenoxy) is 2. The third kappa shape index (κ3) is 4.32. The van der Waals surface area contributed by atoms with Gasteiger partial charge in [0, 0.05) is 0 Å². The summed E-state index contributed by atoms with van der Waals surface area (Å²) in [6.45, 7) is 5.67. The number of aliphatic hydroxyl groups is 1. The lowest BCUT2D eigenvalue weighted by Gasteiger charge is -2.31. The summed E-state index contributed by atoms with van der Waals surface area (Å²) in [5.41, 5.74) is 1.93. The van der Waals surface area contributed by atoms with E-state index >= 15 is 0 Å². The maximum Gasteiger partial charge on any atom is 0.308 e. The Hall–Kier alpha value is -1.39. The Labute approximate surface area is 120 Å². The minimum Gasteiger partial charge on any atom is -0.469 e. The van der Waals surface area contributed by atoms with Gasteiger partial charge < -0.3 is 14.6 Å². The summed E-state index contributed by atoms with van der Waals surface area (Å²) >= 11 is 0. The quantitative estimate of drug-likeness (QED) is 0.616. The van der Waals surface area contributed by atoms with Crippen molar-refractivity contribution in [2.45, 2.75) is 51.9 Å². The standard InChI is InChI=1S/C16H24O4/c1-5-16(18,6-2)20-14(11-15(17)19-4)13-10-8-7-9-12(13)3/h7-10,14,18H,5-6,11H2,1-4H3. The van der Waals surface area contributed by atoms with Gasteiger partial charge in [0.15, 0.2) is 5.79 Å². The number of hydrogen-bond acceptors (Lipinski definition) is 4.